The molecule has 168 valence electrons. The first kappa shape index (κ1) is 22.4. The summed E-state index contributed by atoms with van der Waals surface area (Å²) in [4.78, 5) is 20.5. The highest BCUT2D eigenvalue weighted by atomic mass is 35.5. The van der Waals surface area contributed by atoms with Crippen molar-refractivity contribution in [2.75, 3.05) is 38.2 Å². The van der Waals surface area contributed by atoms with Crippen LogP contribution >= 0.6 is 23.2 Å². The molecule has 32 heavy (non-hydrogen) atoms. The number of halogens is 3. The van der Waals surface area contributed by atoms with Gasteiger partial charge in [0.05, 0.1) is 28.4 Å². The zero-order valence-corrected chi connectivity index (χ0v) is 19.2. The van der Waals surface area contributed by atoms with Gasteiger partial charge in [0.1, 0.15) is 18.0 Å². The second kappa shape index (κ2) is 9.34. The van der Waals surface area contributed by atoms with Gasteiger partial charge in [0.15, 0.2) is 0 Å². The number of amides is 1. The van der Waals surface area contributed by atoms with Crippen molar-refractivity contribution in [1.82, 2.24) is 19.7 Å². The number of benzene rings is 1. The third kappa shape index (κ3) is 4.38. The van der Waals surface area contributed by atoms with Gasteiger partial charge in [-0.1, -0.05) is 23.2 Å². The average molecular weight is 478 g/mol. The second-order valence-electron chi connectivity index (χ2n) is 7.43. The van der Waals surface area contributed by atoms with E-state index in [4.69, 9.17) is 27.9 Å². The fraction of sp³-hybridized carbons (Fsp3) is 0.318. The Morgan fingerprint density at radius 3 is 2.62 bits per heavy atom. The van der Waals surface area contributed by atoms with Crippen LogP contribution in [0.25, 0.3) is 11.3 Å². The van der Waals surface area contributed by atoms with Crippen LogP contribution in [0.2, 0.25) is 10.0 Å². The molecule has 1 amide bonds. The maximum atomic E-state index is 14.1. The van der Waals surface area contributed by atoms with Crippen LogP contribution in [0.3, 0.4) is 0 Å². The molecule has 4 rings (SSSR count). The van der Waals surface area contributed by atoms with Crippen LogP contribution in [-0.4, -0.2) is 58.9 Å². The molecule has 1 saturated heterocycles. The van der Waals surface area contributed by atoms with Gasteiger partial charge in [-0.2, -0.15) is 9.49 Å². The summed E-state index contributed by atoms with van der Waals surface area (Å²) in [6, 6.07) is 8.82. The van der Waals surface area contributed by atoms with E-state index in [0.717, 1.165) is 5.69 Å². The van der Waals surface area contributed by atoms with Crippen LogP contribution in [0.5, 0.6) is 5.75 Å². The monoisotopic (exact) mass is 477 g/mol. The standard InChI is InChI=1S/C22H22Cl2FN5O2/c1-14-20(24)21(16-4-3-7-26-22(16)25)27-30(14)13-19(31)29-10-8-28(9-11-29)15-5-6-17(23)18(12-15)32-2/h3-7,12H,8-11,13H2,1-2H3. The maximum absolute atomic E-state index is 14.1. The normalized spacial score (nSPS) is 14.0. The van der Waals surface area contributed by atoms with Crippen LogP contribution < -0.4 is 9.64 Å². The summed E-state index contributed by atoms with van der Waals surface area (Å²) in [5.41, 5.74) is 2.09. The average Bonchev–Trinajstić information content (AvgIpc) is 3.08. The molecular weight excluding hydrogens is 456 g/mol. The molecule has 0 radical (unpaired) electrons. The third-order valence-electron chi connectivity index (χ3n) is 5.56. The molecule has 0 aliphatic carbocycles. The van der Waals surface area contributed by atoms with Crippen LogP contribution in [0.15, 0.2) is 36.5 Å². The molecule has 0 N–H and O–H groups in total. The molecule has 0 atom stereocenters. The molecule has 1 fully saturated rings. The van der Waals surface area contributed by atoms with Crippen molar-refractivity contribution >= 4 is 34.8 Å². The van der Waals surface area contributed by atoms with Crippen LogP contribution in [0.1, 0.15) is 5.69 Å². The van der Waals surface area contributed by atoms with E-state index in [2.05, 4.69) is 15.0 Å². The Bertz CT molecular complexity index is 1150. The van der Waals surface area contributed by atoms with E-state index in [1.165, 1.54) is 10.9 Å². The number of methoxy groups -OCH3 is 1. The Kier molecular flexibility index (Phi) is 6.53. The van der Waals surface area contributed by atoms with Gasteiger partial charge in [-0.05, 0) is 31.2 Å². The number of ether oxygens (including phenoxy) is 1. The van der Waals surface area contributed by atoms with Crippen LogP contribution in [-0.2, 0) is 11.3 Å². The zero-order valence-electron chi connectivity index (χ0n) is 17.7. The smallest absolute Gasteiger partial charge is 0.244 e. The minimum Gasteiger partial charge on any atom is -0.495 e. The number of piperazine rings is 1. The van der Waals surface area contributed by atoms with Crippen molar-refractivity contribution in [2.24, 2.45) is 0 Å². The Balaban J connectivity index is 1.43. The Hall–Kier alpha value is -2.84. The summed E-state index contributed by atoms with van der Waals surface area (Å²) < 4.78 is 20.9. The number of aromatic nitrogens is 3. The van der Waals surface area contributed by atoms with Gasteiger partial charge in [0.2, 0.25) is 11.9 Å². The van der Waals surface area contributed by atoms with Gasteiger partial charge in [0.25, 0.3) is 0 Å². The molecule has 0 bridgehead atoms. The summed E-state index contributed by atoms with van der Waals surface area (Å²) in [5, 5.41) is 5.26. The summed E-state index contributed by atoms with van der Waals surface area (Å²) >= 11 is 12.5. The molecule has 0 spiro atoms. The third-order valence-corrected chi connectivity index (χ3v) is 6.33. The molecular formula is C22H22Cl2FN5O2. The van der Waals surface area contributed by atoms with E-state index in [-0.39, 0.29) is 23.7 Å². The number of carbonyl (C=O) groups is 1. The first-order valence-electron chi connectivity index (χ1n) is 10.1. The van der Waals surface area contributed by atoms with Crippen molar-refractivity contribution in [1.29, 1.82) is 0 Å². The van der Waals surface area contributed by atoms with Crippen molar-refractivity contribution in [3.05, 3.63) is 58.2 Å². The van der Waals surface area contributed by atoms with Gasteiger partial charge < -0.3 is 14.5 Å². The number of hydrogen-bond acceptors (Lipinski definition) is 5. The van der Waals surface area contributed by atoms with Gasteiger partial charge in [-0.15, -0.1) is 0 Å². The summed E-state index contributed by atoms with van der Waals surface area (Å²) in [6.45, 7) is 4.29. The number of carbonyl (C=O) groups excluding carboxylic acids is 1. The first-order chi connectivity index (χ1) is 15.4. The molecule has 3 heterocycles. The lowest BCUT2D eigenvalue weighted by molar-refractivity contribution is -0.132. The molecule has 3 aromatic rings. The fourth-order valence-electron chi connectivity index (χ4n) is 3.70. The lowest BCUT2D eigenvalue weighted by atomic mass is 10.2. The predicted octanol–water partition coefficient (Wildman–Crippen LogP) is 4.06. The van der Waals surface area contributed by atoms with Gasteiger partial charge in [-0.3, -0.25) is 9.48 Å². The Morgan fingerprint density at radius 2 is 1.94 bits per heavy atom. The van der Waals surface area contributed by atoms with E-state index in [1.54, 1.807) is 37.1 Å². The molecule has 0 saturated carbocycles. The van der Waals surface area contributed by atoms with Crippen molar-refractivity contribution < 1.29 is 13.9 Å². The highest BCUT2D eigenvalue weighted by Gasteiger charge is 2.24. The summed E-state index contributed by atoms with van der Waals surface area (Å²) in [6.07, 6.45) is 1.36. The van der Waals surface area contributed by atoms with E-state index in [1.807, 2.05) is 12.1 Å². The number of rotatable bonds is 5. The number of pyridine rings is 1. The Labute approximate surface area is 195 Å². The van der Waals surface area contributed by atoms with E-state index >= 15 is 0 Å². The van der Waals surface area contributed by atoms with Gasteiger partial charge in [-0.25, -0.2) is 4.98 Å². The zero-order chi connectivity index (χ0) is 22.8. The quantitative estimate of drug-likeness (QED) is 0.518. The molecule has 10 heteroatoms. The highest BCUT2D eigenvalue weighted by molar-refractivity contribution is 6.33. The highest BCUT2D eigenvalue weighted by Crippen LogP contribution is 2.31. The van der Waals surface area contributed by atoms with E-state index in [9.17, 15) is 9.18 Å². The lowest BCUT2D eigenvalue weighted by Gasteiger charge is -2.36. The van der Waals surface area contributed by atoms with E-state index < -0.39 is 5.95 Å². The first-order valence-corrected chi connectivity index (χ1v) is 10.8. The van der Waals surface area contributed by atoms with Crippen LogP contribution in [0, 0.1) is 12.9 Å². The molecule has 7 nitrogen and oxygen atoms in total. The molecule has 1 aromatic carbocycles. The summed E-state index contributed by atoms with van der Waals surface area (Å²) in [7, 11) is 1.58. The fourth-order valence-corrected chi connectivity index (χ4v) is 4.13. The molecule has 0 unspecified atom stereocenters. The van der Waals surface area contributed by atoms with Gasteiger partial charge >= 0.3 is 0 Å². The number of hydrogen-bond donors (Lipinski definition) is 0. The lowest BCUT2D eigenvalue weighted by Crippen LogP contribution is -2.49. The molecule has 1 aliphatic rings. The minimum absolute atomic E-state index is 0.0300. The van der Waals surface area contributed by atoms with E-state index in [0.29, 0.717) is 47.7 Å². The minimum atomic E-state index is -0.652. The number of nitrogens with zero attached hydrogens (tertiary/aromatic N) is 5. The SMILES string of the molecule is COc1cc(N2CCN(C(=O)Cn3nc(-c4cccnc4F)c(Cl)c3C)CC2)ccc1Cl. The maximum Gasteiger partial charge on any atom is 0.244 e. The second-order valence-corrected chi connectivity index (χ2v) is 8.22. The van der Waals surface area contributed by atoms with Crippen molar-refractivity contribution in [2.45, 2.75) is 13.5 Å². The van der Waals surface area contributed by atoms with Gasteiger partial charge in [0, 0.05) is 44.1 Å². The topological polar surface area (TPSA) is 63.5 Å². The van der Waals surface area contributed by atoms with Crippen molar-refractivity contribution in [3.8, 4) is 17.0 Å². The Morgan fingerprint density at radius 1 is 1.19 bits per heavy atom. The number of anilines is 1. The predicted molar refractivity (Wildman–Crippen MR) is 122 cm³/mol. The molecule has 2 aromatic heterocycles. The summed E-state index contributed by atoms with van der Waals surface area (Å²) in [5.74, 6) is -0.103. The van der Waals surface area contributed by atoms with Crippen LogP contribution in [0.4, 0.5) is 10.1 Å². The van der Waals surface area contributed by atoms with Crippen molar-refractivity contribution in [3.63, 3.8) is 0 Å². The largest absolute Gasteiger partial charge is 0.495 e. The molecule has 1 aliphatic heterocycles.